The number of likely N-dealkylation sites (tertiary alicyclic amines) is 1. The van der Waals surface area contributed by atoms with Crippen molar-refractivity contribution in [2.45, 2.75) is 51.7 Å². The van der Waals surface area contributed by atoms with Crippen LogP contribution in [0.25, 0.3) is 10.9 Å². The van der Waals surface area contributed by atoms with Crippen LogP contribution in [-0.4, -0.2) is 59.4 Å². The summed E-state index contributed by atoms with van der Waals surface area (Å²) in [5.41, 5.74) is 1.11. The normalized spacial score (nSPS) is 16.5. The summed E-state index contributed by atoms with van der Waals surface area (Å²) in [6.45, 7) is 6.33. The van der Waals surface area contributed by atoms with Crippen LogP contribution < -0.4 is 5.32 Å². The summed E-state index contributed by atoms with van der Waals surface area (Å²) in [7, 11) is 1.32. The number of benzene rings is 1. The number of amides is 2. The zero-order valence-corrected chi connectivity index (χ0v) is 17.9. The molecular weight excluding hydrogens is 386 g/mol. The van der Waals surface area contributed by atoms with E-state index in [1.165, 1.54) is 12.0 Å². The monoisotopic (exact) mass is 415 g/mol. The van der Waals surface area contributed by atoms with E-state index in [0.717, 1.165) is 22.9 Å². The average molecular weight is 415 g/mol. The Morgan fingerprint density at radius 2 is 1.93 bits per heavy atom. The zero-order chi connectivity index (χ0) is 21.9. The van der Waals surface area contributed by atoms with Crippen molar-refractivity contribution < 1.29 is 23.9 Å². The standard InChI is InChI=1S/C22H29N3O5/c1-22(2,3)30-21(28)24-13-7-10-18(24)19(26)25-14-15(11-12-23-20(27)29-4)16-8-5-6-9-17(16)25/h5-6,8-9,14,18H,7,10-13H2,1-4H3,(H,23,27)/t18-/m0/s1. The SMILES string of the molecule is COC(=O)NCCc1cn(C(=O)[C@@H]2CCCN2C(=O)OC(C)(C)C)c2ccccc12. The first-order valence-electron chi connectivity index (χ1n) is 10.2. The number of methoxy groups -OCH3 is 1. The first kappa shape index (κ1) is 21.7. The van der Waals surface area contributed by atoms with E-state index in [0.29, 0.717) is 25.9 Å². The molecule has 1 atom stereocenters. The summed E-state index contributed by atoms with van der Waals surface area (Å²) in [5, 5.41) is 3.60. The zero-order valence-electron chi connectivity index (χ0n) is 17.9. The molecule has 1 aliphatic heterocycles. The fraction of sp³-hybridized carbons (Fsp3) is 0.500. The second kappa shape index (κ2) is 8.77. The van der Waals surface area contributed by atoms with E-state index < -0.39 is 23.8 Å². The van der Waals surface area contributed by atoms with Gasteiger partial charge in [0.2, 0.25) is 0 Å². The Balaban J connectivity index is 1.84. The van der Waals surface area contributed by atoms with E-state index in [-0.39, 0.29) is 5.91 Å². The second-order valence-electron chi connectivity index (χ2n) is 8.38. The molecule has 0 saturated carbocycles. The third kappa shape index (κ3) is 4.75. The molecule has 1 aliphatic rings. The topological polar surface area (TPSA) is 89.9 Å². The van der Waals surface area contributed by atoms with Crippen molar-refractivity contribution in [1.82, 2.24) is 14.8 Å². The fourth-order valence-corrected chi connectivity index (χ4v) is 3.73. The van der Waals surface area contributed by atoms with Crippen LogP contribution in [0.4, 0.5) is 9.59 Å². The highest BCUT2D eigenvalue weighted by molar-refractivity contribution is 5.98. The number of carbonyl (C=O) groups is 3. The lowest BCUT2D eigenvalue weighted by Crippen LogP contribution is -2.44. The summed E-state index contributed by atoms with van der Waals surface area (Å²) in [6.07, 6.45) is 2.76. The first-order valence-corrected chi connectivity index (χ1v) is 10.2. The molecule has 2 aromatic rings. The van der Waals surface area contributed by atoms with Crippen molar-refractivity contribution in [2.24, 2.45) is 0 Å². The van der Waals surface area contributed by atoms with Crippen molar-refractivity contribution in [3.05, 3.63) is 36.0 Å². The number of nitrogens with one attached hydrogen (secondary N) is 1. The molecule has 1 aromatic carbocycles. The minimum Gasteiger partial charge on any atom is -0.453 e. The van der Waals surface area contributed by atoms with Gasteiger partial charge in [0.25, 0.3) is 5.91 Å². The van der Waals surface area contributed by atoms with Crippen molar-refractivity contribution >= 4 is 29.0 Å². The number of rotatable bonds is 4. The quantitative estimate of drug-likeness (QED) is 0.824. The van der Waals surface area contributed by atoms with Gasteiger partial charge in [-0.25, -0.2) is 9.59 Å². The van der Waals surface area contributed by atoms with Crippen LogP contribution in [0.15, 0.2) is 30.5 Å². The molecule has 0 spiro atoms. The van der Waals surface area contributed by atoms with Gasteiger partial charge in [-0.3, -0.25) is 14.3 Å². The molecule has 2 heterocycles. The minimum absolute atomic E-state index is 0.151. The van der Waals surface area contributed by atoms with Gasteiger partial charge in [0.1, 0.15) is 11.6 Å². The smallest absolute Gasteiger partial charge is 0.410 e. The van der Waals surface area contributed by atoms with Crippen LogP contribution in [-0.2, 0) is 15.9 Å². The number of nitrogens with zero attached hydrogens (tertiary/aromatic N) is 2. The second-order valence-corrected chi connectivity index (χ2v) is 8.38. The number of ether oxygens (including phenoxy) is 2. The van der Waals surface area contributed by atoms with Crippen LogP contribution in [0, 0.1) is 0 Å². The molecule has 2 amide bonds. The molecule has 0 aliphatic carbocycles. The van der Waals surface area contributed by atoms with E-state index in [4.69, 9.17) is 4.74 Å². The van der Waals surface area contributed by atoms with Crippen molar-refractivity contribution in [3.63, 3.8) is 0 Å². The number of hydrogen-bond acceptors (Lipinski definition) is 5. The van der Waals surface area contributed by atoms with Gasteiger partial charge in [-0.15, -0.1) is 0 Å². The highest BCUT2D eigenvalue weighted by Gasteiger charge is 2.37. The lowest BCUT2D eigenvalue weighted by molar-refractivity contribution is 0.0211. The number of aromatic nitrogens is 1. The Hall–Kier alpha value is -3.03. The molecule has 8 heteroatoms. The molecule has 1 aromatic heterocycles. The van der Waals surface area contributed by atoms with E-state index in [9.17, 15) is 14.4 Å². The van der Waals surface area contributed by atoms with Crippen molar-refractivity contribution in [3.8, 4) is 0 Å². The molecule has 8 nitrogen and oxygen atoms in total. The van der Waals surface area contributed by atoms with E-state index in [2.05, 4.69) is 10.1 Å². The number of alkyl carbamates (subject to hydrolysis) is 1. The lowest BCUT2D eigenvalue weighted by atomic mass is 10.1. The maximum atomic E-state index is 13.4. The summed E-state index contributed by atoms with van der Waals surface area (Å²) in [4.78, 5) is 38.8. The summed E-state index contributed by atoms with van der Waals surface area (Å²) in [6, 6.07) is 7.07. The molecule has 0 radical (unpaired) electrons. The van der Waals surface area contributed by atoms with Gasteiger partial charge in [-0.1, -0.05) is 18.2 Å². The maximum absolute atomic E-state index is 13.4. The molecule has 0 bridgehead atoms. The number of para-hydroxylation sites is 1. The minimum atomic E-state index is -0.618. The average Bonchev–Trinajstić information content (AvgIpc) is 3.31. The van der Waals surface area contributed by atoms with Gasteiger partial charge in [-0.2, -0.15) is 0 Å². The maximum Gasteiger partial charge on any atom is 0.410 e. The van der Waals surface area contributed by atoms with Crippen LogP contribution in [0.3, 0.4) is 0 Å². The predicted octanol–water partition coefficient (Wildman–Crippen LogP) is 3.58. The molecule has 1 N–H and O–H groups in total. The van der Waals surface area contributed by atoms with Gasteiger partial charge in [0.15, 0.2) is 0 Å². The molecular formula is C22H29N3O5. The number of carbonyl (C=O) groups excluding carboxylic acids is 3. The van der Waals surface area contributed by atoms with Gasteiger partial charge < -0.3 is 14.8 Å². The first-order chi connectivity index (χ1) is 14.2. The third-order valence-corrected chi connectivity index (χ3v) is 5.05. The summed E-state index contributed by atoms with van der Waals surface area (Å²) < 4.78 is 11.7. The van der Waals surface area contributed by atoms with Crippen LogP contribution in [0.5, 0.6) is 0 Å². The van der Waals surface area contributed by atoms with E-state index in [1.807, 2.05) is 45.0 Å². The Bertz CT molecular complexity index is 944. The molecule has 30 heavy (non-hydrogen) atoms. The Morgan fingerprint density at radius 3 is 2.63 bits per heavy atom. The Labute approximate surface area is 176 Å². The highest BCUT2D eigenvalue weighted by atomic mass is 16.6. The molecule has 1 saturated heterocycles. The van der Waals surface area contributed by atoms with E-state index >= 15 is 0 Å². The van der Waals surface area contributed by atoms with Gasteiger partial charge in [0.05, 0.1) is 12.6 Å². The largest absolute Gasteiger partial charge is 0.453 e. The molecule has 3 rings (SSSR count). The fourth-order valence-electron chi connectivity index (χ4n) is 3.73. The number of fused-ring (bicyclic) bond motifs is 1. The summed E-state index contributed by atoms with van der Waals surface area (Å²) >= 11 is 0. The van der Waals surface area contributed by atoms with Crippen LogP contribution in [0.1, 0.15) is 44.0 Å². The van der Waals surface area contributed by atoms with Gasteiger partial charge in [0, 0.05) is 24.7 Å². The van der Waals surface area contributed by atoms with Gasteiger partial charge in [-0.05, 0) is 51.7 Å². The summed E-state index contributed by atoms with van der Waals surface area (Å²) in [5.74, 6) is -0.151. The third-order valence-electron chi connectivity index (χ3n) is 5.05. The Morgan fingerprint density at radius 1 is 1.20 bits per heavy atom. The Kier molecular flexibility index (Phi) is 6.34. The van der Waals surface area contributed by atoms with E-state index in [1.54, 1.807) is 10.8 Å². The number of hydrogen-bond donors (Lipinski definition) is 1. The van der Waals surface area contributed by atoms with Crippen molar-refractivity contribution in [2.75, 3.05) is 20.2 Å². The van der Waals surface area contributed by atoms with Crippen LogP contribution >= 0.6 is 0 Å². The molecule has 162 valence electrons. The highest BCUT2D eigenvalue weighted by Crippen LogP contribution is 2.26. The molecule has 0 unspecified atom stereocenters. The predicted molar refractivity (Wildman–Crippen MR) is 113 cm³/mol. The molecule has 1 fully saturated rings. The van der Waals surface area contributed by atoms with Crippen molar-refractivity contribution in [1.29, 1.82) is 0 Å². The van der Waals surface area contributed by atoms with Crippen LogP contribution in [0.2, 0.25) is 0 Å². The van der Waals surface area contributed by atoms with Gasteiger partial charge >= 0.3 is 12.2 Å². The lowest BCUT2D eigenvalue weighted by Gasteiger charge is -2.28.